The quantitative estimate of drug-likeness (QED) is 0.705. The summed E-state index contributed by atoms with van der Waals surface area (Å²) in [6.07, 6.45) is 4.77. The van der Waals surface area contributed by atoms with Gasteiger partial charge < -0.3 is 20.3 Å². The molecule has 6 nitrogen and oxygen atoms in total. The summed E-state index contributed by atoms with van der Waals surface area (Å²) in [5.41, 5.74) is 2.16. The van der Waals surface area contributed by atoms with Crippen molar-refractivity contribution in [2.45, 2.75) is 51.6 Å². The number of nitrogens with zero attached hydrogens (tertiary/aromatic N) is 2. The lowest BCUT2D eigenvalue weighted by atomic mass is 9.87. The van der Waals surface area contributed by atoms with Crippen LogP contribution in [0.15, 0.2) is 24.3 Å². The minimum Gasteiger partial charge on any atom is -0.396 e. The van der Waals surface area contributed by atoms with Crippen LogP contribution in [-0.2, 0) is 6.54 Å². The van der Waals surface area contributed by atoms with E-state index in [1.54, 1.807) is 0 Å². The summed E-state index contributed by atoms with van der Waals surface area (Å²) in [7, 11) is 0. The van der Waals surface area contributed by atoms with Crippen molar-refractivity contribution in [3.63, 3.8) is 0 Å². The minimum atomic E-state index is -0.0836. The Bertz CT molecular complexity index is 705. The summed E-state index contributed by atoms with van der Waals surface area (Å²) in [5.74, 6) is 1.42. The highest BCUT2D eigenvalue weighted by Gasteiger charge is 2.21. The number of aliphatic hydroxyl groups excluding tert-OH is 1. The zero-order chi connectivity index (χ0) is 17.6. The summed E-state index contributed by atoms with van der Waals surface area (Å²) in [6, 6.07) is 8.28. The topological polar surface area (TPSA) is 79.2 Å². The lowest BCUT2D eigenvalue weighted by Crippen LogP contribution is -2.44. The maximum Gasteiger partial charge on any atom is 0.315 e. The van der Waals surface area contributed by atoms with Crippen LogP contribution in [0, 0.1) is 12.8 Å². The fourth-order valence-electron chi connectivity index (χ4n) is 3.64. The molecule has 2 amide bonds. The third-order valence-corrected chi connectivity index (χ3v) is 5.13. The number of para-hydroxylation sites is 2. The Morgan fingerprint density at radius 1 is 1.28 bits per heavy atom. The first-order chi connectivity index (χ1) is 12.2. The van der Waals surface area contributed by atoms with Crippen molar-refractivity contribution in [3.05, 3.63) is 30.1 Å². The standard InChI is InChI=1S/C19H28N4O2/c1-14-21-17-5-2-3-6-18(17)23(14)12-4-11-20-19(25)22-16-9-7-15(13-24)8-10-16/h2-3,5-6,15-16,24H,4,7-13H2,1H3,(H2,20,22,25). The molecular weight excluding hydrogens is 316 g/mol. The number of hydrogen-bond donors (Lipinski definition) is 3. The lowest BCUT2D eigenvalue weighted by Gasteiger charge is -2.27. The fourth-order valence-corrected chi connectivity index (χ4v) is 3.64. The molecule has 0 unspecified atom stereocenters. The number of aliphatic hydroxyl groups is 1. The molecule has 0 atom stereocenters. The number of urea groups is 1. The van der Waals surface area contributed by atoms with E-state index in [1.165, 1.54) is 0 Å². The summed E-state index contributed by atoms with van der Waals surface area (Å²) < 4.78 is 2.20. The van der Waals surface area contributed by atoms with Gasteiger partial charge in [0.05, 0.1) is 11.0 Å². The van der Waals surface area contributed by atoms with E-state index in [1.807, 2.05) is 25.1 Å². The Morgan fingerprint density at radius 3 is 2.80 bits per heavy atom. The second-order valence-electron chi connectivity index (χ2n) is 6.95. The van der Waals surface area contributed by atoms with Crippen LogP contribution in [0.1, 0.15) is 37.9 Å². The largest absolute Gasteiger partial charge is 0.396 e. The summed E-state index contributed by atoms with van der Waals surface area (Å²) in [5, 5.41) is 15.2. The van der Waals surface area contributed by atoms with Gasteiger partial charge in [0, 0.05) is 25.7 Å². The monoisotopic (exact) mass is 344 g/mol. The minimum absolute atomic E-state index is 0.0836. The van der Waals surface area contributed by atoms with E-state index in [9.17, 15) is 4.79 Å². The van der Waals surface area contributed by atoms with Crippen LogP contribution in [0.2, 0.25) is 0 Å². The molecule has 0 aliphatic heterocycles. The van der Waals surface area contributed by atoms with Crippen LogP contribution in [0.3, 0.4) is 0 Å². The van der Waals surface area contributed by atoms with Crippen LogP contribution < -0.4 is 10.6 Å². The van der Waals surface area contributed by atoms with Crippen molar-refractivity contribution in [3.8, 4) is 0 Å². The Labute approximate surface area is 148 Å². The van der Waals surface area contributed by atoms with E-state index in [2.05, 4.69) is 26.3 Å². The van der Waals surface area contributed by atoms with E-state index >= 15 is 0 Å². The van der Waals surface area contributed by atoms with Gasteiger partial charge in [0.25, 0.3) is 0 Å². The molecule has 0 spiro atoms. The molecule has 136 valence electrons. The number of rotatable bonds is 6. The van der Waals surface area contributed by atoms with Gasteiger partial charge in [-0.25, -0.2) is 9.78 Å². The molecule has 1 aliphatic carbocycles. The lowest BCUT2D eigenvalue weighted by molar-refractivity contribution is 0.174. The van der Waals surface area contributed by atoms with Crippen LogP contribution in [0.25, 0.3) is 11.0 Å². The fraction of sp³-hybridized carbons (Fsp3) is 0.579. The van der Waals surface area contributed by atoms with Gasteiger partial charge in [-0.05, 0) is 57.1 Å². The molecule has 1 aromatic heterocycles. The first kappa shape index (κ1) is 17.7. The normalized spacial score (nSPS) is 20.6. The van der Waals surface area contributed by atoms with Crippen molar-refractivity contribution in [1.82, 2.24) is 20.2 Å². The average Bonchev–Trinajstić information content (AvgIpc) is 2.95. The summed E-state index contributed by atoms with van der Waals surface area (Å²) in [4.78, 5) is 16.6. The van der Waals surface area contributed by atoms with Crippen LogP contribution in [-0.4, -0.2) is 39.9 Å². The van der Waals surface area contributed by atoms with E-state index in [4.69, 9.17) is 5.11 Å². The number of aryl methyl sites for hydroxylation is 2. The van der Waals surface area contributed by atoms with Crippen LogP contribution in [0.4, 0.5) is 4.79 Å². The second kappa shape index (κ2) is 8.34. The third-order valence-electron chi connectivity index (χ3n) is 5.13. The first-order valence-electron chi connectivity index (χ1n) is 9.24. The highest BCUT2D eigenvalue weighted by molar-refractivity contribution is 5.76. The Morgan fingerprint density at radius 2 is 2.04 bits per heavy atom. The summed E-state index contributed by atoms with van der Waals surface area (Å²) in [6.45, 7) is 3.77. The Kier molecular flexibility index (Phi) is 5.91. The van der Waals surface area contributed by atoms with Gasteiger partial charge in [-0.2, -0.15) is 0 Å². The van der Waals surface area contributed by atoms with E-state index in [0.717, 1.165) is 55.5 Å². The number of fused-ring (bicyclic) bond motifs is 1. The summed E-state index contributed by atoms with van der Waals surface area (Å²) >= 11 is 0. The molecule has 0 radical (unpaired) electrons. The van der Waals surface area contributed by atoms with Gasteiger partial charge in [0.2, 0.25) is 0 Å². The number of carbonyl (C=O) groups is 1. The van der Waals surface area contributed by atoms with Crippen molar-refractivity contribution < 1.29 is 9.90 Å². The number of carbonyl (C=O) groups excluding carboxylic acids is 1. The predicted molar refractivity (Wildman–Crippen MR) is 98.5 cm³/mol. The van der Waals surface area contributed by atoms with Gasteiger partial charge in [0.1, 0.15) is 5.82 Å². The molecule has 1 aromatic carbocycles. The van der Waals surface area contributed by atoms with Gasteiger partial charge in [-0.1, -0.05) is 12.1 Å². The van der Waals surface area contributed by atoms with Crippen LogP contribution in [0.5, 0.6) is 0 Å². The SMILES string of the molecule is Cc1nc2ccccc2n1CCCNC(=O)NC1CCC(CO)CC1. The molecule has 3 N–H and O–H groups in total. The second-order valence-corrected chi connectivity index (χ2v) is 6.95. The number of amides is 2. The molecule has 1 saturated carbocycles. The van der Waals surface area contributed by atoms with Gasteiger partial charge in [-0.3, -0.25) is 0 Å². The van der Waals surface area contributed by atoms with Crippen molar-refractivity contribution in [1.29, 1.82) is 0 Å². The molecule has 6 heteroatoms. The van der Waals surface area contributed by atoms with E-state index in [-0.39, 0.29) is 18.7 Å². The average molecular weight is 344 g/mol. The highest BCUT2D eigenvalue weighted by atomic mass is 16.3. The van der Waals surface area contributed by atoms with Crippen molar-refractivity contribution in [2.24, 2.45) is 5.92 Å². The van der Waals surface area contributed by atoms with Gasteiger partial charge >= 0.3 is 6.03 Å². The van der Waals surface area contributed by atoms with Gasteiger partial charge in [-0.15, -0.1) is 0 Å². The van der Waals surface area contributed by atoms with Crippen molar-refractivity contribution >= 4 is 17.1 Å². The number of aromatic nitrogens is 2. The molecule has 1 heterocycles. The Hall–Kier alpha value is -2.08. The maximum atomic E-state index is 12.0. The number of imidazole rings is 1. The molecular formula is C19H28N4O2. The number of benzene rings is 1. The zero-order valence-electron chi connectivity index (χ0n) is 14.9. The smallest absolute Gasteiger partial charge is 0.315 e. The molecule has 0 bridgehead atoms. The number of hydrogen-bond acceptors (Lipinski definition) is 3. The zero-order valence-corrected chi connectivity index (χ0v) is 14.9. The molecule has 25 heavy (non-hydrogen) atoms. The molecule has 1 fully saturated rings. The van der Waals surface area contributed by atoms with E-state index in [0.29, 0.717) is 12.5 Å². The third kappa shape index (κ3) is 4.51. The first-order valence-corrected chi connectivity index (χ1v) is 9.24. The molecule has 3 rings (SSSR count). The molecule has 0 saturated heterocycles. The van der Waals surface area contributed by atoms with E-state index < -0.39 is 0 Å². The molecule has 2 aromatic rings. The number of nitrogens with one attached hydrogen (secondary N) is 2. The van der Waals surface area contributed by atoms with Crippen molar-refractivity contribution in [2.75, 3.05) is 13.2 Å². The Balaban J connectivity index is 1.39. The predicted octanol–water partition coefficient (Wildman–Crippen LogP) is 2.59. The van der Waals surface area contributed by atoms with Crippen LogP contribution >= 0.6 is 0 Å². The van der Waals surface area contributed by atoms with Gasteiger partial charge in [0.15, 0.2) is 0 Å². The highest BCUT2D eigenvalue weighted by Crippen LogP contribution is 2.23. The molecule has 1 aliphatic rings. The maximum absolute atomic E-state index is 12.0.